The van der Waals surface area contributed by atoms with Crippen LogP contribution in [-0.4, -0.2) is 12.6 Å². The fraction of sp³-hybridized carbons (Fsp3) is 0.235. The van der Waals surface area contributed by atoms with Gasteiger partial charge < -0.3 is 15.4 Å². The van der Waals surface area contributed by atoms with Crippen molar-refractivity contribution >= 4 is 11.7 Å². The molecule has 0 unspecified atom stereocenters. The zero-order valence-corrected chi connectivity index (χ0v) is 12.7. The minimum Gasteiger partial charge on any atom is -0.434 e. The number of urea groups is 1. The van der Waals surface area contributed by atoms with E-state index in [1.165, 1.54) is 11.6 Å². The molecule has 0 bridgehead atoms. The number of carbonyl (C=O) groups excluding carboxylic acids is 1. The number of hydrogen-bond acceptors (Lipinski definition) is 2. The first-order valence-electron chi connectivity index (χ1n) is 7.25. The lowest BCUT2D eigenvalue weighted by Gasteiger charge is -2.12. The van der Waals surface area contributed by atoms with Crippen LogP contribution >= 0.6 is 0 Å². The van der Waals surface area contributed by atoms with Gasteiger partial charge >= 0.3 is 12.6 Å². The number of nitrogens with one attached hydrogen (secondary N) is 2. The molecule has 2 rings (SSSR count). The van der Waals surface area contributed by atoms with Crippen molar-refractivity contribution in [2.45, 2.75) is 26.5 Å². The number of rotatable bonds is 6. The van der Waals surface area contributed by atoms with Gasteiger partial charge in [0.15, 0.2) is 0 Å². The Morgan fingerprint density at radius 2 is 1.83 bits per heavy atom. The number of carbonyl (C=O) groups is 1. The fourth-order valence-electron chi connectivity index (χ4n) is 2.04. The van der Waals surface area contributed by atoms with Gasteiger partial charge in [-0.1, -0.05) is 37.3 Å². The summed E-state index contributed by atoms with van der Waals surface area (Å²) in [5.74, 6) is 0.0510. The number of aryl methyl sites for hydroxylation is 1. The number of alkyl halides is 2. The Morgan fingerprint density at radius 1 is 1.13 bits per heavy atom. The molecule has 0 aromatic heterocycles. The van der Waals surface area contributed by atoms with Crippen molar-refractivity contribution in [1.29, 1.82) is 0 Å². The Balaban J connectivity index is 1.91. The highest BCUT2D eigenvalue weighted by molar-refractivity contribution is 5.89. The molecule has 6 heteroatoms. The third-order valence-corrected chi connectivity index (χ3v) is 3.25. The number of para-hydroxylation sites is 1. The predicted octanol–water partition coefficient (Wildman–Crippen LogP) is 4.17. The van der Waals surface area contributed by atoms with Crippen LogP contribution in [0.5, 0.6) is 5.75 Å². The summed E-state index contributed by atoms with van der Waals surface area (Å²) in [4.78, 5) is 11.9. The molecule has 2 aromatic carbocycles. The molecule has 0 aliphatic rings. The van der Waals surface area contributed by atoms with Crippen LogP contribution < -0.4 is 15.4 Å². The Hall–Kier alpha value is -2.63. The van der Waals surface area contributed by atoms with Crippen LogP contribution in [-0.2, 0) is 13.0 Å². The van der Waals surface area contributed by atoms with E-state index in [9.17, 15) is 13.6 Å². The van der Waals surface area contributed by atoms with Gasteiger partial charge in [-0.25, -0.2) is 4.79 Å². The maximum absolute atomic E-state index is 12.3. The third kappa shape index (κ3) is 5.25. The first kappa shape index (κ1) is 16.7. The highest BCUT2D eigenvalue weighted by Crippen LogP contribution is 2.20. The number of hydrogen-bond donors (Lipinski definition) is 2. The number of amides is 2. The van der Waals surface area contributed by atoms with Crippen LogP contribution in [0.3, 0.4) is 0 Å². The maximum Gasteiger partial charge on any atom is 0.387 e. The van der Waals surface area contributed by atoms with Crippen LogP contribution in [0.2, 0.25) is 0 Å². The number of anilines is 1. The van der Waals surface area contributed by atoms with Crippen molar-refractivity contribution in [3.05, 3.63) is 59.7 Å². The summed E-state index contributed by atoms with van der Waals surface area (Å²) < 4.78 is 29.1. The van der Waals surface area contributed by atoms with Crippen LogP contribution in [0, 0.1) is 0 Å². The normalized spacial score (nSPS) is 10.4. The molecule has 2 amide bonds. The first-order valence-corrected chi connectivity index (χ1v) is 7.25. The SMILES string of the molecule is CCc1ccc(NC(=O)NCc2ccccc2OC(F)F)cc1. The zero-order chi connectivity index (χ0) is 16.7. The van der Waals surface area contributed by atoms with Crippen molar-refractivity contribution in [3.63, 3.8) is 0 Å². The van der Waals surface area contributed by atoms with Gasteiger partial charge in [0.2, 0.25) is 0 Å². The molecule has 0 aliphatic carbocycles. The summed E-state index contributed by atoms with van der Waals surface area (Å²) in [6.45, 7) is -0.766. The lowest BCUT2D eigenvalue weighted by Crippen LogP contribution is -2.28. The lowest BCUT2D eigenvalue weighted by atomic mass is 10.1. The van der Waals surface area contributed by atoms with E-state index in [1.54, 1.807) is 18.2 Å². The molecule has 23 heavy (non-hydrogen) atoms. The van der Waals surface area contributed by atoms with Crippen LogP contribution in [0.15, 0.2) is 48.5 Å². The molecule has 0 heterocycles. The second-order valence-corrected chi connectivity index (χ2v) is 4.84. The van der Waals surface area contributed by atoms with Crippen molar-refractivity contribution in [2.24, 2.45) is 0 Å². The largest absolute Gasteiger partial charge is 0.434 e. The van der Waals surface area contributed by atoms with Crippen molar-refractivity contribution in [1.82, 2.24) is 5.32 Å². The molecule has 122 valence electrons. The van der Waals surface area contributed by atoms with E-state index in [-0.39, 0.29) is 12.3 Å². The standard InChI is InChI=1S/C17H18F2N2O2/c1-2-12-7-9-14(10-8-12)21-17(22)20-11-13-5-3-4-6-15(13)23-16(18)19/h3-10,16H,2,11H2,1H3,(H2,20,21,22). The summed E-state index contributed by atoms with van der Waals surface area (Å²) in [5.41, 5.74) is 2.31. The minimum atomic E-state index is -2.90. The quantitative estimate of drug-likeness (QED) is 0.839. The van der Waals surface area contributed by atoms with Gasteiger partial charge in [-0.2, -0.15) is 8.78 Å². The first-order chi connectivity index (χ1) is 11.1. The van der Waals surface area contributed by atoms with Crippen molar-refractivity contribution in [3.8, 4) is 5.75 Å². The van der Waals surface area contributed by atoms with E-state index < -0.39 is 12.6 Å². The molecule has 0 spiro atoms. The van der Waals surface area contributed by atoms with E-state index in [2.05, 4.69) is 15.4 Å². The molecule has 2 aromatic rings. The van der Waals surface area contributed by atoms with E-state index in [0.29, 0.717) is 11.3 Å². The summed E-state index contributed by atoms with van der Waals surface area (Å²) >= 11 is 0. The second kappa shape index (κ2) is 8.12. The lowest BCUT2D eigenvalue weighted by molar-refractivity contribution is -0.0504. The number of halogens is 2. The Bertz CT molecular complexity index is 645. The Labute approximate surface area is 133 Å². The third-order valence-electron chi connectivity index (χ3n) is 3.25. The van der Waals surface area contributed by atoms with Gasteiger partial charge in [0.25, 0.3) is 0 Å². The molecule has 0 saturated carbocycles. The van der Waals surface area contributed by atoms with Gasteiger partial charge in [-0.15, -0.1) is 0 Å². The summed E-state index contributed by atoms with van der Waals surface area (Å²) in [6, 6.07) is 13.4. The zero-order valence-electron chi connectivity index (χ0n) is 12.7. The van der Waals surface area contributed by atoms with Crippen LogP contribution in [0.1, 0.15) is 18.1 Å². The van der Waals surface area contributed by atoms with Gasteiger partial charge in [0, 0.05) is 17.8 Å². The van der Waals surface area contributed by atoms with Crippen molar-refractivity contribution in [2.75, 3.05) is 5.32 Å². The van der Waals surface area contributed by atoms with Crippen LogP contribution in [0.25, 0.3) is 0 Å². The molecule has 0 fully saturated rings. The molecular weight excluding hydrogens is 302 g/mol. The fourth-order valence-corrected chi connectivity index (χ4v) is 2.04. The monoisotopic (exact) mass is 320 g/mol. The Morgan fingerprint density at radius 3 is 2.48 bits per heavy atom. The molecule has 0 radical (unpaired) electrons. The smallest absolute Gasteiger partial charge is 0.387 e. The average Bonchev–Trinajstić information content (AvgIpc) is 2.54. The summed E-state index contributed by atoms with van der Waals surface area (Å²) in [7, 11) is 0. The number of ether oxygens (including phenoxy) is 1. The highest BCUT2D eigenvalue weighted by Gasteiger charge is 2.10. The van der Waals surface area contributed by atoms with Gasteiger partial charge in [0.05, 0.1) is 0 Å². The highest BCUT2D eigenvalue weighted by atomic mass is 19.3. The second-order valence-electron chi connectivity index (χ2n) is 4.84. The van der Waals surface area contributed by atoms with Crippen LogP contribution in [0.4, 0.5) is 19.3 Å². The van der Waals surface area contributed by atoms with Gasteiger partial charge in [0.1, 0.15) is 5.75 Å². The Kier molecular flexibility index (Phi) is 5.91. The molecule has 0 saturated heterocycles. The van der Waals surface area contributed by atoms with Gasteiger partial charge in [-0.3, -0.25) is 0 Å². The summed E-state index contributed by atoms with van der Waals surface area (Å²) in [6.07, 6.45) is 0.924. The van der Waals surface area contributed by atoms with E-state index >= 15 is 0 Å². The maximum atomic E-state index is 12.3. The van der Waals surface area contributed by atoms with Gasteiger partial charge in [-0.05, 0) is 30.2 Å². The minimum absolute atomic E-state index is 0.0510. The average molecular weight is 320 g/mol. The predicted molar refractivity (Wildman–Crippen MR) is 84.8 cm³/mol. The molecule has 4 nitrogen and oxygen atoms in total. The van der Waals surface area contributed by atoms with Crippen molar-refractivity contribution < 1.29 is 18.3 Å². The molecular formula is C17H18F2N2O2. The van der Waals surface area contributed by atoms with E-state index in [1.807, 2.05) is 31.2 Å². The molecule has 2 N–H and O–H groups in total. The van der Waals surface area contributed by atoms with E-state index in [4.69, 9.17) is 0 Å². The summed E-state index contributed by atoms with van der Waals surface area (Å²) in [5, 5.41) is 5.30. The molecule has 0 aliphatic heterocycles. The topological polar surface area (TPSA) is 50.4 Å². The number of benzene rings is 2. The molecule has 0 atom stereocenters. The van der Waals surface area contributed by atoms with E-state index in [0.717, 1.165) is 6.42 Å².